The first-order valence-electron chi connectivity index (χ1n) is 5.63. The zero-order chi connectivity index (χ0) is 14.0. The second kappa shape index (κ2) is 5.05. The smallest absolute Gasteiger partial charge is 0.360 e. The normalized spacial score (nSPS) is 10.5. The Balaban J connectivity index is 2.16. The zero-order valence-electron chi connectivity index (χ0n) is 10.6. The van der Waals surface area contributed by atoms with E-state index in [2.05, 4.69) is 10.3 Å². The zero-order valence-corrected chi connectivity index (χ0v) is 10.6. The van der Waals surface area contributed by atoms with Gasteiger partial charge in [0.05, 0.1) is 0 Å². The maximum Gasteiger partial charge on any atom is 0.406 e. The molecule has 1 aromatic carbocycles. The van der Waals surface area contributed by atoms with E-state index in [1.165, 1.54) is 17.0 Å². The Bertz CT molecular complexity index is 624. The third-order valence-electron chi connectivity index (χ3n) is 2.79. The minimum Gasteiger partial charge on any atom is -0.360 e. The predicted octanol–water partition coefficient (Wildman–Crippen LogP) is 2.39. The first kappa shape index (κ1) is 13.0. The summed E-state index contributed by atoms with van der Waals surface area (Å²) in [7, 11) is 1.65. The molecule has 0 atom stereocenters. The number of aromatic nitrogens is 2. The van der Waals surface area contributed by atoms with Gasteiger partial charge in [0.1, 0.15) is 5.82 Å². The van der Waals surface area contributed by atoms with Crippen LogP contribution in [0.5, 0.6) is 0 Å². The van der Waals surface area contributed by atoms with Gasteiger partial charge in [-0.25, -0.2) is 4.39 Å². The Morgan fingerprint density at radius 2 is 2.26 bits per heavy atom. The number of aryl methyl sites for hydroxylation is 2. The van der Waals surface area contributed by atoms with Crippen LogP contribution >= 0.6 is 0 Å². The molecule has 0 radical (unpaired) electrons. The summed E-state index contributed by atoms with van der Waals surface area (Å²) in [6.45, 7) is 1.97. The van der Waals surface area contributed by atoms with Crippen molar-refractivity contribution in [3.05, 3.63) is 51.6 Å². The van der Waals surface area contributed by atoms with Crippen LogP contribution in [0.4, 0.5) is 16.0 Å². The molecule has 2 aromatic rings. The van der Waals surface area contributed by atoms with Crippen LogP contribution < -0.4 is 5.32 Å². The predicted molar refractivity (Wildman–Crippen MR) is 68.3 cm³/mol. The minimum absolute atomic E-state index is 0.241. The fourth-order valence-electron chi connectivity index (χ4n) is 1.69. The molecular weight excluding hydrogens is 251 g/mol. The largest absolute Gasteiger partial charge is 0.406 e. The lowest BCUT2D eigenvalue weighted by Gasteiger charge is -2.07. The molecular formula is C12H13FN4O2. The summed E-state index contributed by atoms with van der Waals surface area (Å²) in [6.07, 6.45) is 1.36. The van der Waals surface area contributed by atoms with Crippen LogP contribution in [0, 0.1) is 22.9 Å². The van der Waals surface area contributed by atoms with Crippen LogP contribution in [0.3, 0.4) is 0 Å². The molecule has 19 heavy (non-hydrogen) atoms. The average Bonchev–Trinajstić information content (AvgIpc) is 2.72. The van der Waals surface area contributed by atoms with Crippen LogP contribution in [0.2, 0.25) is 0 Å². The summed E-state index contributed by atoms with van der Waals surface area (Å²) in [4.78, 5) is 13.9. The van der Waals surface area contributed by atoms with Crippen LogP contribution in [-0.4, -0.2) is 14.5 Å². The lowest BCUT2D eigenvalue weighted by atomic mass is 10.1. The van der Waals surface area contributed by atoms with Crippen molar-refractivity contribution >= 4 is 11.6 Å². The van der Waals surface area contributed by atoms with Crippen LogP contribution in [0.1, 0.15) is 11.1 Å². The number of benzene rings is 1. The van der Waals surface area contributed by atoms with Crippen LogP contribution in [0.15, 0.2) is 24.5 Å². The number of halogens is 1. The first-order chi connectivity index (χ1) is 8.99. The molecule has 0 amide bonds. The summed E-state index contributed by atoms with van der Waals surface area (Å²) in [6, 6.07) is 4.85. The highest BCUT2D eigenvalue weighted by Gasteiger charge is 2.19. The lowest BCUT2D eigenvalue weighted by molar-refractivity contribution is -0.388. The number of hydrogen-bond donors (Lipinski definition) is 1. The molecule has 0 aliphatic carbocycles. The number of anilines is 1. The third kappa shape index (κ3) is 2.70. The molecule has 0 aliphatic heterocycles. The number of hydrogen-bond acceptors (Lipinski definition) is 4. The SMILES string of the molecule is Cc1ccc(CNc2c([N+](=O)[O-])ncn2C)cc1F. The lowest BCUT2D eigenvalue weighted by Crippen LogP contribution is -2.06. The maximum atomic E-state index is 13.4. The van der Waals surface area contributed by atoms with Crippen molar-refractivity contribution in [3.63, 3.8) is 0 Å². The summed E-state index contributed by atoms with van der Waals surface area (Å²) in [5.74, 6) is -0.236. The second-order valence-electron chi connectivity index (χ2n) is 4.22. The summed E-state index contributed by atoms with van der Waals surface area (Å²) < 4.78 is 14.9. The van der Waals surface area contributed by atoms with Gasteiger partial charge in [0.15, 0.2) is 0 Å². The van der Waals surface area contributed by atoms with Gasteiger partial charge in [-0.1, -0.05) is 12.1 Å². The fourth-order valence-corrected chi connectivity index (χ4v) is 1.69. The van der Waals surface area contributed by atoms with Crippen molar-refractivity contribution in [1.29, 1.82) is 0 Å². The molecule has 6 nitrogen and oxygen atoms in total. The highest BCUT2D eigenvalue weighted by molar-refractivity contribution is 5.52. The van der Waals surface area contributed by atoms with Crippen molar-refractivity contribution < 1.29 is 9.31 Å². The molecule has 0 fully saturated rings. The number of nitrogens with zero attached hydrogens (tertiary/aromatic N) is 3. The topological polar surface area (TPSA) is 73.0 Å². The molecule has 1 aromatic heterocycles. The van der Waals surface area contributed by atoms with Gasteiger partial charge in [0, 0.05) is 13.6 Å². The molecule has 0 spiro atoms. The van der Waals surface area contributed by atoms with E-state index < -0.39 is 4.92 Å². The Kier molecular flexibility index (Phi) is 3.46. The molecule has 0 unspecified atom stereocenters. The van der Waals surface area contributed by atoms with Crippen LogP contribution in [0.25, 0.3) is 0 Å². The molecule has 0 bridgehead atoms. The van der Waals surface area contributed by atoms with E-state index in [1.54, 1.807) is 26.1 Å². The van der Waals surface area contributed by atoms with E-state index in [1.807, 2.05) is 0 Å². The van der Waals surface area contributed by atoms with E-state index in [-0.39, 0.29) is 18.2 Å². The van der Waals surface area contributed by atoms with E-state index in [4.69, 9.17) is 0 Å². The third-order valence-corrected chi connectivity index (χ3v) is 2.79. The van der Waals surface area contributed by atoms with Crippen LogP contribution in [-0.2, 0) is 13.6 Å². The summed E-state index contributed by atoms with van der Waals surface area (Å²) in [5.41, 5.74) is 1.27. The van der Waals surface area contributed by atoms with Crippen molar-refractivity contribution in [2.45, 2.75) is 13.5 Å². The molecule has 100 valence electrons. The molecule has 2 rings (SSSR count). The second-order valence-corrected chi connectivity index (χ2v) is 4.22. The highest BCUT2D eigenvalue weighted by atomic mass is 19.1. The van der Waals surface area contributed by atoms with Crippen molar-refractivity contribution in [1.82, 2.24) is 9.55 Å². The molecule has 1 heterocycles. The number of imidazole rings is 1. The maximum absolute atomic E-state index is 13.4. The fraction of sp³-hybridized carbons (Fsp3) is 0.250. The highest BCUT2D eigenvalue weighted by Crippen LogP contribution is 2.22. The van der Waals surface area contributed by atoms with E-state index in [9.17, 15) is 14.5 Å². The van der Waals surface area contributed by atoms with Crippen molar-refractivity contribution in [3.8, 4) is 0 Å². The van der Waals surface area contributed by atoms with Crippen molar-refractivity contribution in [2.75, 3.05) is 5.32 Å². The number of nitro groups is 1. The van der Waals surface area contributed by atoms with Crippen molar-refractivity contribution in [2.24, 2.45) is 7.05 Å². The van der Waals surface area contributed by atoms with E-state index in [0.29, 0.717) is 16.9 Å². The summed E-state index contributed by atoms with van der Waals surface area (Å²) >= 11 is 0. The summed E-state index contributed by atoms with van der Waals surface area (Å²) in [5, 5.41) is 13.7. The molecule has 7 heteroatoms. The van der Waals surface area contributed by atoms with Gasteiger partial charge < -0.3 is 15.4 Å². The van der Waals surface area contributed by atoms with Gasteiger partial charge in [-0.05, 0) is 34.0 Å². The van der Waals surface area contributed by atoms with E-state index >= 15 is 0 Å². The van der Waals surface area contributed by atoms with Gasteiger partial charge in [-0.2, -0.15) is 0 Å². The Labute approximate surface area is 109 Å². The Morgan fingerprint density at radius 3 is 2.89 bits per heavy atom. The van der Waals surface area contributed by atoms with Gasteiger partial charge in [-0.3, -0.25) is 4.57 Å². The standard InChI is InChI=1S/C12H13FN4O2/c1-8-3-4-9(5-10(8)13)6-14-11-12(17(18)19)15-7-16(11)2/h3-5,7,14H,6H2,1-2H3. The van der Waals surface area contributed by atoms with Gasteiger partial charge in [0.25, 0.3) is 0 Å². The number of nitrogens with one attached hydrogen (secondary N) is 1. The van der Waals surface area contributed by atoms with Gasteiger partial charge >= 0.3 is 5.82 Å². The molecule has 1 N–H and O–H groups in total. The monoisotopic (exact) mass is 264 g/mol. The quantitative estimate of drug-likeness (QED) is 0.679. The first-order valence-corrected chi connectivity index (χ1v) is 5.63. The Hall–Kier alpha value is -2.44. The molecule has 0 saturated carbocycles. The Morgan fingerprint density at radius 1 is 1.53 bits per heavy atom. The number of rotatable bonds is 4. The van der Waals surface area contributed by atoms with E-state index in [0.717, 1.165) is 0 Å². The minimum atomic E-state index is -0.557. The van der Waals surface area contributed by atoms with Gasteiger partial charge in [0.2, 0.25) is 12.1 Å². The molecule has 0 aliphatic rings. The molecule has 0 saturated heterocycles. The average molecular weight is 264 g/mol. The van der Waals surface area contributed by atoms with Gasteiger partial charge in [-0.15, -0.1) is 0 Å².